The van der Waals surface area contributed by atoms with E-state index in [2.05, 4.69) is 16.7 Å². The van der Waals surface area contributed by atoms with Crippen LogP contribution in [-0.4, -0.2) is 32.8 Å². The topological polar surface area (TPSA) is 59.6 Å². The van der Waals surface area contributed by atoms with Gasteiger partial charge in [0.2, 0.25) is 5.91 Å². The Morgan fingerprint density at radius 2 is 1.96 bits per heavy atom. The van der Waals surface area contributed by atoms with Crippen molar-refractivity contribution in [2.24, 2.45) is 0 Å². The lowest BCUT2D eigenvalue weighted by molar-refractivity contribution is -0.122. The number of hydrogen-bond donors (Lipinski definition) is 2. The average molecular weight is 370 g/mol. The van der Waals surface area contributed by atoms with Gasteiger partial charge < -0.3 is 20.1 Å². The van der Waals surface area contributed by atoms with Crippen molar-refractivity contribution in [3.63, 3.8) is 0 Å². The van der Waals surface area contributed by atoms with Crippen LogP contribution in [0.4, 0.5) is 11.4 Å². The van der Waals surface area contributed by atoms with Gasteiger partial charge in [0, 0.05) is 37.2 Å². The first kappa shape index (κ1) is 20.8. The Morgan fingerprint density at radius 1 is 1.15 bits per heavy atom. The number of carbonyl (C=O) groups is 1. The smallest absolute Gasteiger partial charge is 0.227 e. The van der Waals surface area contributed by atoms with E-state index in [0.717, 1.165) is 34.7 Å². The van der Waals surface area contributed by atoms with Gasteiger partial charge in [0.1, 0.15) is 5.75 Å². The molecule has 0 aliphatic carbocycles. The van der Waals surface area contributed by atoms with Crippen LogP contribution >= 0.6 is 0 Å². The summed E-state index contributed by atoms with van der Waals surface area (Å²) in [7, 11) is 1.66. The minimum absolute atomic E-state index is 0.0286. The molecule has 0 aromatic heterocycles. The highest BCUT2D eigenvalue weighted by molar-refractivity contribution is 5.83. The third kappa shape index (κ3) is 6.61. The van der Waals surface area contributed by atoms with E-state index in [1.54, 1.807) is 7.11 Å². The maximum Gasteiger partial charge on any atom is 0.227 e. The molecule has 0 radical (unpaired) electrons. The lowest BCUT2D eigenvalue weighted by Gasteiger charge is -2.15. The number of ether oxygens (including phenoxy) is 2. The highest BCUT2D eigenvalue weighted by Crippen LogP contribution is 2.26. The van der Waals surface area contributed by atoms with Crippen molar-refractivity contribution in [2.45, 2.75) is 33.1 Å². The molecule has 2 aromatic carbocycles. The summed E-state index contributed by atoms with van der Waals surface area (Å²) in [5, 5.41) is 6.37. The lowest BCUT2D eigenvalue weighted by Crippen LogP contribution is -2.29. The number of nitrogens with one attached hydrogen (secondary N) is 2. The number of hydrogen-bond acceptors (Lipinski definition) is 4. The molecule has 0 saturated heterocycles. The predicted octanol–water partition coefficient (Wildman–Crippen LogP) is 4.39. The van der Waals surface area contributed by atoms with Gasteiger partial charge in [-0.05, 0) is 62.6 Å². The van der Waals surface area contributed by atoms with Gasteiger partial charge in [-0.15, -0.1) is 0 Å². The van der Waals surface area contributed by atoms with Crippen LogP contribution in [0.1, 0.15) is 37.3 Å². The van der Waals surface area contributed by atoms with Gasteiger partial charge in [-0.1, -0.05) is 12.1 Å². The molecular formula is C22H30N2O3. The number of aryl methyl sites for hydroxylation is 1. The molecule has 0 bridgehead atoms. The summed E-state index contributed by atoms with van der Waals surface area (Å²) < 4.78 is 10.6. The Balaban J connectivity index is 1.99. The van der Waals surface area contributed by atoms with Gasteiger partial charge in [0.25, 0.3) is 0 Å². The number of benzene rings is 2. The Morgan fingerprint density at radius 3 is 2.70 bits per heavy atom. The molecule has 146 valence electrons. The Bertz CT molecular complexity index is 746. The molecule has 1 unspecified atom stereocenters. The summed E-state index contributed by atoms with van der Waals surface area (Å²) in [5.41, 5.74) is 3.99. The molecule has 2 aromatic rings. The first-order valence-electron chi connectivity index (χ1n) is 9.41. The second kappa shape index (κ2) is 10.6. The number of anilines is 2. The predicted molar refractivity (Wildman–Crippen MR) is 110 cm³/mol. The Labute approximate surface area is 162 Å². The minimum Gasteiger partial charge on any atom is -0.497 e. The molecule has 0 aliphatic rings. The number of methoxy groups -OCH3 is 1. The fourth-order valence-electron chi connectivity index (χ4n) is 2.83. The van der Waals surface area contributed by atoms with E-state index in [1.807, 2.05) is 57.2 Å². The maximum absolute atomic E-state index is 12.4. The van der Waals surface area contributed by atoms with Crippen molar-refractivity contribution in [1.29, 1.82) is 0 Å². The molecule has 0 spiro atoms. The van der Waals surface area contributed by atoms with Crippen molar-refractivity contribution in [1.82, 2.24) is 5.32 Å². The van der Waals surface area contributed by atoms with Gasteiger partial charge in [-0.2, -0.15) is 0 Å². The second-order valence-corrected chi connectivity index (χ2v) is 6.55. The summed E-state index contributed by atoms with van der Waals surface area (Å²) in [6, 6.07) is 13.9. The van der Waals surface area contributed by atoms with Crippen LogP contribution in [0.5, 0.6) is 5.75 Å². The monoisotopic (exact) mass is 370 g/mol. The standard InChI is InChI=1S/C22H30N2O3/c1-5-27-11-7-10-23-22(25)17(3)18-8-6-9-19(14-18)24-20-12-16(2)13-21(15-20)26-4/h6,8-9,12-15,17,24H,5,7,10-11H2,1-4H3,(H,23,25). The third-order valence-electron chi connectivity index (χ3n) is 4.32. The molecule has 0 aliphatic heterocycles. The fraction of sp³-hybridized carbons (Fsp3) is 0.409. The first-order valence-corrected chi connectivity index (χ1v) is 9.41. The zero-order valence-corrected chi connectivity index (χ0v) is 16.7. The van der Waals surface area contributed by atoms with Crippen LogP contribution in [-0.2, 0) is 9.53 Å². The largest absolute Gasteiger partial charge is 0.497 e. The molecule has 27 heavy (non-hydrogen) atoms. The molecule has 5 nitrogen and oxygen atoms in total. The van der Waals surface area contributed by atoms with Crippen molar-refractivity contribution in [3.05, 3.63) is 53.6 Å². The van der Waals surface area contributed by atoms with Crippen molar-refractivity contribution < 1.29 is 14.3 Å². The van der Waals surface area contributed by atoms with Gasteiger partial charge in [0.05, 0.1) is 13.0 Å². The summed E-state index contributed by atoms with van der Waals surface area (Å²) >= 11 is 0. The van der Waals surface area contributed by atoms with Crippen LogP contribution in [0.15, 0.2) is 42.5 Å². The van der Waals surface area contributed by atoms with Crippen LogP contribution in [0.25, 0.3) is 0 Å². The van der Waals surface area contributed by atoms with Gasteiger partial charge in [-0.25, -0.2) is 0 Å². The van der Waals surface area contributed by atoms with Gasteiger partial charge in [-0.3, -0.25) is 4.79 Å². The summed E-state index contributed by atoms with van der Waals surface area (Å²) in [6.45, 7) is 7.93. The second-order valence-electron chi connectivity index (χ2n) is 6.55. The quantitative estimate of drug-likeness (QED) is 0.609. The average Bonchev–Trinajstić information content (AvgIpc) is 2.66. The van der Waals surface area contributed by atoms with Crippen LogP contribution < -0.4 is 15.4 Å². The lowest BCUT2D eigenvalue weighted by atomic mass is 9.99. The molecule has 0 fully saturated rings. The van der Waals surface area contributed by atoms with Crippen LogP contribution in [0.3, 0.4) is 0 Å². The highest BCUT2D eigenvalue weighted by atomic mass is 16.5. The van der Waals surface area contributed by atoms with Crippen LogP contribution in [0, 0.1) is 6.92 Å². The van der Waals surface area contributed by atoms with E-state index in [0.29, 0.717) is 19.8 Å². The molecule has 1 atom stereocenters. The van der Waals surface area contributed by atoms with E-state index >= 15 is 0 Å². The highest BCUT2D eigenvalue weighted by Gasteiger charge is 2.15. The van der Waals surface area contributed by atoms with Crippen molar-refractivity contribution >= 4 is 17.3 Å². The van der Waals surface area contributed by atoms with Gasteiger partial charge in [0.15, 0.2) is 0 Å². The molecule has 0 saturated carbocycles. The van der Waals surface area contributed by atoms with Gasteiger partial charge >= 0.3 is 0 Å². The number of carbonyl (C=O) groups excluding carboxylic acids is 1. The molecule has 1 amide bonds. The van der Waals surface area contributed by atoms with E-state index in [-0.39, 0.29) is 11.8 Å². The van der Waals surface area contributed by atoms with Crippen LogP contribution in [0.2, 0.25) is 0 Å². The molecular weight excluding hydrogens is 340 g/mol. The molecule has 2 N–H and O–H groups in total. The summed E-state index contributed by atoms with van der Waals surface area (Å²) in [4.78, 5) is 12.4. The zero-order valence-electron chi connectivity index (χ0n) is 16.7. The zero-order chi connectivity index (χ0) is 19.6. The normalized spacial score (nSPS) is 11.7. The van der Waals surface area contributed by atoms with E-state index in [1.165, 1.54) is 0 Å². The van der Waals surface area contributed by atoms with E-state index in [9.17, 15) is 4.79 Å². The number of rotatable bonds is 10. The fourth-order valence-corrected chi connectivity index (χ4v) is 2.83. The summed E-state index contributed by atoms with van der Waals surface area (Å²) in [5.74, 6) is 0.625. The molecule has 5 heteroatoms. The van der Waals surface area contributed by atoms with E-state index in [4.69, 9.17) is 9.47 Å². The Hall–Kier alpha value is -2.53. The van der Waals surface area contributed by atoms with Crippen molar-refractivity contribution in [3.8, 4) is 5.75 Å². The third-order valence-corrected chi connectivity index (χ3v) is 4.32. The molecule has 0 heterocycles. The van der Waals surface area contributed by atoms with Crippen molar-refractivity contribution in [2.75, 3.05) is 32.2 Å². The SMILES string of the molecule is CCOCCCNC(=O)C(C)c1cccc(Nc2cc(C)cc(OC)c2)c1. The number of amides is 1. The summed E-state index contributed by atoms with van der Waals surface area (Å²) in [6.07, 6.45) is 0.823. The maximum atomic E-state index is 12.4. The first-order chi connectivity index (χ1) is 13.0. The minimum atomic E-state index is -0.217. The Kier molecular flexibility index (Phi) is 8.14. The van der Waals surface area contributed by atoms with E-state index < -0.39 is 0 Å². The molecule has 2 rings (SSSR count).